The van der Waals surface area contributed by atoms with E-state index in [0.29, 0.717) is 5.41 Å². The molecule has 0 saturated heterocycles. The Bertz CT molecular complexity index is 213. The van der Waals surface area contributed by atoms with Crippen molar-refractivity contribution in [3.8, 4) is 0 Å². The highest BCUT2D eigenvalue weighted by Crippen LogP contribution is 2.54. The van der Waals surface area contributed by atoms with Crippen molar-refractivity contribution in [2.75, 3.05) is 6.54 Å². The van der Waals surface area contributed by atoms with Gasteiger partial charge in [0.05, 0.1) is 0 Å². The number of rotatable bonds is 3. The van der Waals surface area contributed by atoms with Gasteiger partial charge in [-0.25, -0.2) is 0 Å². The number of hydrogen-bond donors (Lipinski definition) is 1. The van der Waals surface area contributed by atoms with E-state index in [1.165, 1.54) is 64.2 Å². The zero-order valence-electron chi connectivity index (χ0n) is 11.0. The second kappa shape index (κ2) is 5.53. The molecule has 0 amide bonds. The standard InChI is InChI=1S/C15H29N/c1-13(9-12-16)15-10-5-2-3-7-14(15)8-4-6-11-15/h13-14H,2-12,16H2,1H3. The molecule has 2 rings (SSSR count). The minimum Gasteiger partial charge on any atom is -0.330 e. The fraction of sp³-hybridized carbons (Fsp3) is 1.00. The molecule has 0 spiro atoms. The zero-order chi connectivity index (χ0) is 11.4. The monoisotopic (exact) mass is 223 g/mol. The molecule has 3 atom stereocenters. The van der Waals surface area contributed by atoms with Gasteiger partial charge >= 0.3 is 0 Å². The van der Waals surface area contributed by atoms with Crippen LogP contribution in [0.3, 0.4) is 0 Å². The van der Waals surface area contributed by atoms with Crippen LogP contribution < -0.4 is 5.73 Å². The van der Waals surface area contributed by atoms with Gasteiger partial charge in [-0.2, -0.15) is 0 Å². The molecule has 1 nitrogen and oxygen atoms in total. The highest BCUT2D eigenvalue weighted by atomic mass is 14.6. The smallest absolute Gasteiger partial charge is 0.00745 e. The Morgan fingerprint density at radius 1 is 1.06 bits per heavy atom. The summed E-state index contributed by atoms with van der Waals surface area (Å²) in [6, 6.07) is 0. The molecule has 0 radical (unpaired) electrons. The van der Waals surface area contributed by atoms with E-state index >= 15 is 0 Å². The summed E-state index contributed by atoms with van der Waals surface area (Å²) < 4.78 is 0. The quantitative estimate of drug-likeness (QED) is 0.765. The summed E-state index contributed by atoms with van der Waals surface area (Å²) in [6.45, 7) is 3.37. The first-order valence-electron chi connectivity index (χ1n) is 7.49. The van der Waals surface area contributed by atoms with Crippen LogP contribution in [0, 0.1) is 17.3 Å². The van der Waals surface area contributed by atoms with E-state index in [4.69, 9.17) is 5.73 Å². The van der Waals surface area contributed by atoms with E-state index in [1.807, 2.05) is 0 Å². The summed E-state index contributed by atoms with van der Waals surface area (Å²) in [5, 5.41) is 0. The Labute approximate surface area is 101 Å². The first-order valence-corrected chi connectivity index (χ1v) is 7.49. The largest absolute Gasteiger partial charge is 0.330 e. The van der Waals surface area contributed by atoms with Crippen LogP contribution in [0.2, 0.25) is 0 Å². The van der Waals surface area contributed by atoms with Crippen molar-refractivity contribution in [2.45, 2.75) is 71.1 Å². The predicted octanol–water partition coefficient (Wildman–Crippen LogP) is 4.11. The molecule has 0 aromatic heterocycles. The predicted molar refractivity (Wildman–Crippen MR) is 70.3 cm³/mol. The molecule has 3 unspecified atom stereocenters. The SMILES string of the molecule is CC(CCN)C12CCCCCC1CCCC2. The highest BCUT2D eigenvalue weighted by Gasteiger charge is 2.44. The Morgan fingerprint density at radius 2 is 1.69 bits per heavy atom. The molecule has 16 heavy (non-hydrogen) atoms. The maximum Gasteiger partial charge on any atom is -0.00745 e. The second-order valence-electron chi connectivity index (χ2n) is 6.25. The second-order valence-corrected chi connectivity index (χ2v) is 6.25. The Hall–Kier alpha value is -0.0400. The molecule has 2 aliphatic carbocycles. The summed E-state index contributed by atoms with van der Waals surface area (Å²) in [5.74, 6) is 1.89. The van der Waals surface area contributed by atoms with E-state index in [2.05, 4.69) is 6.92 Å². The summed E-state index contributed by atoms with van der Waals surface area (Å²) in [7, 11) is 0. The van der Waals surface area contributed by atoms with Gasteiger partial charge in [0.15, 0.2) is 0 Å². The maximum atomic E-state index is 5.79. The van der Waals surface area contributed by atoms with Crippen LogP contribution >= 0.6 is 0 Å². The average Bonchev–Trinajstić information content (AvgIpc) is 2.52. The van der Waals surface area contributed by atoms with Crippen molar-refractivity contribution in [3.05, 3.63) is 0 Å². The Morgan fingerprint density at radius 3 is 2.38 bits per heavy atom. The number of fused-ring (bicyclic) bond motifs is 1. The number of nitrogens with two attached hydrogens (primary N) is 1. The molecule has 94 valence electrons. The van der Waals surface area contributed by atoms with Crippen molar-refractivity contribution in [1.82, 2.24) is 0 Å². The first-order chi connectivity index (χ1) is 7.79. The van der Waals surface area contributed by atoms with Crippen LogP contribution in [0.1, 0.15) is 71.1 Å². The lowest BCUT2D eigenvalue weighted by Gasteiger charge is -2.48. The molecule has 0 heterocycles. The molecule has 0 aromatic rings. The molecule has 2 N–H and O–H groups in total. The minimum absolute atomic E-state index is 0.689. The molecule has 2 fully saturated rings. The number of hydrogen-bond acceptors (Lipinski definition) is 1. The van der Waals surface area contributed by atoms with E-state index in [9.17, 15) is 0 Å². The molecule has 0 aromatic carbocycles. The van der Waals surface area contributed by atoms with Crippen molar-refractivity contribution >= 4 is 0 Å². The minimum atomic E-state index is 0.689. The molecule has 2 aliphatic rings. The van der Waals surface area contributed by atoms with Gasteiger partial charge in [-0.15, -0.1) is 0 Å². The molecule has 2 saturated carbocycles. The van der Waals surface area contributed by atoms with E-state index in [1.54, 1.807) is 0 Å². The Balaban J connectivity index is 2.14. The summed E-state index contributed by atoms with van der Waals surface area (Å²) in [6.07, 6.45) is 14.7. The van der Waals surface area contributed by atoms with Gasteiger partial charge in [0, 0.05) is 0 Å². The van der Waals surface area contributed by atoms with Crippen LogP contribution in [-0.2, 0) is 0 Å². The van der Waals surface area contributed by atoms with Gasteiger partial charge in [-0.05, 0) is 55.9 Å². The van der Waals surface area contributed by atoms with Crippen molar-refractivity contribution in [1.29, 1.82) is 0 Å². The van der Waals surface area contributed by atoms with Crippen LogP contribution in [0.4, 0.5) is 0 Å². The Kier molecular flexibility index (Phi) is 4.29. The molecule has 0 aliphatic heterocycles. The third-order valence-electron chi connectivity index (χ3n) is 5.53. The normalized spacial score (nSPS) is 37.5. The first kappa shape index (κ1) is 12.4. The zero-order valence-corrected chi connectivity index (χ0v) is 11.0. The van der Waals surface area contributed by atoms with E-state index < -0.39 is 0 Å². The van der Waals surface area contributed by atoms with Crippen molar-refractivity contribution in [3.63, 3.8) is 0 Å². The van der Waals surface area contributed by atoms with Gasteiger partial charge in [0.2, 0.25) is 0 Å². The third kappa shape index (κ3) is 2.30. The van der Waals surface area contributed by atoms with E-state index in [0.717, 1.165) is 18.4 Å². The summed E-state index contributed by atoms with van der Waals surface area (Å²) in [4.78, 5) is 0. The fourth-order valence-electron chi connectivity index (χ4n) is 4.55. The van der Waals surface area contributed by atoms with Gasteiger partial charge in [0.25, 0.3) is 0 Å². The van der Waals surface area contributed by atoms with Gasteiger partial charge in [-0.3, -0.25) is 0 Å². The van der Waals surface area contributed by atoms with Crippen LogP contribution in [0.5, 0.6) is 0 Å². The van der Waals surface area contributed by atoms with Crippen LogP contribution in [0.15, 0.2) is 0 Å². The highest BCUT2D eigenvalue weighted by molar-refractivity contribution is 4.94. The molecule has 1 heteroatoms. The average molecular weight is 223 g/mol. The molecule has 0 bridgehead atoms. The summed E-state index contributed by atoms with van der Waals surface area (Å²) in [5.41, 5.74) is 6.48. The van der Waals surface area contributed by atoms with Crippen molar-refractivity contribution in [2.24, 2.45) is 23.0 Å². The van der Waals surface area contributed by atoms with Crippen molar-refractivity contribution < 1.29 is 0 Å². The molecular weight excluding hydrogens is 194 g/mol. The van der Waals surface area contributed by atoms with Gasteiger partial charge in [0.1, 0.15) is 0 Å². The summed E-state index contributed by atoms with van der Waals surface area (Å²) >= 11 is 0. The lowest BCUT2D eigenvalue weighted by atomic mass is 9.57. The van der Waals surface area contributed by atoms with E-state index in [-0.39, 0.29) is 0 Å². The van der Waals surface area contributed by atoms with Gasteiger partial charge in [-0.1, -0.05) is 39.0 Å². The topological polar surface area (TPSA) is 26.0 Å². The lowest BCUT2D eigenvalue weighted by Crippen LogP contribution is -2.39. The lowest BCUT2D eigenvalue weighted by molar-refractivity contribution is 0.0211. The molecular formula is C15H29N. The van der Waals surface area contributed by atoms with Crippen LogP contribution in [-0.4, -0.2) is 6.54 Å². The van der Waals surface area contributed by atoms with Gasteiger partial charge < -0.3 is 5.73 Å². The maximum absolute atomic E-state index is 5.79. The third-order valence-corrected chi connectivity index (χ3v) is 5.53. The fourth-order valence-corrected chi connectivity index (χ4v) is 4.55. The van der Waals surface area contributed by atoms with Crippen LogP contribution in [0.25, 0.3) is 0 Å².